The maximum Gasteiger partial charge on any atom is 0.0740 e. The summed E-state index contributed by atoms with van der Waals surface area (Å²) in [5.74, 6) is 3.30. The molecule has 2 heteroatoms. The number of hydrogen-bond acceptors (Lipinski definition) is 2. The molecule has 0 saturated carbocycles. The second-order valence-electron chi connectivity index (χ2n) is 3.59. The van der Waals surface area contributed by atoms with Gasteiger partial charge in [0.25, 0.3) is 0 Å². The molecular formula is C10H17NO. The van der Waals surface area contributed by atoms with Crippen LogP contribution >= 0.6 is 0 Å². The van der Waals surface area contributed by atoms with Gasteiger partial charge in [0.15, 0.2) is 0 Å². The molecule has 0 aliphatic carbocycles. The third-order valence-corrected chi connectivity index (χ3v) is 2.13. The molecule has 0 radical (unpaired) electrons. The fourth-order valence-corrected chi connectivity index (χ4v) is 1.50. The Morgan fingerprint density at radius 1 is 1.58 bits per heavy atom. The molecule has 0 spiro atoms. The molecule has 0 aromatic carbocycles. The Labute approximate surface area is 74.7 Å². The number of terminal acetylenes is 1. The van der Waals surface area contributed by atoms with E-state index in [2.05, 4.69) is 25.1 Å². The summed E-state index contributed by atoms with van der Waals surface area (Å²) in [5.41, 5.74) is 0. The first-order valence-corrected chi connectivity index (χ1v) is 4.54. The minimum Gasteiger partial charge on any atom is -0.381 e. The first kappa shape index (κ1) is 9.57. The molecule has 68 valence electrons. The predicted molar refractivity (Wildman–Crippen MR) is 49.8 cm³/mol. The van der Waals surface area contributed by atoms with Crippen molar-refractivity contribution in [2.24, 2.45) is 5.92 Å². The van der Waals surface area contributed by atoms with Crippen LogP contribution in [0, 0.1) is 18.3 Å². The van der Waals surface area contributed by atoms with E-state index in [1.165, 1.54) is 0 Å². The van der Waals surface area contributed by atoms with Gasteiger partial charge in [-0.25, -0.2) is 0 Å². The zero-order chi connectivity index (χ0) is 8.97. The highest BCUT2D eigenvalue weighted by atomic mass is 16.5. The Morgan fingerprint density at radius 2 is 2.33 bits per heavy atom. The topological polar surface area (TPSA) is 21.3 Å². The zero-order valence-electron chi connectivity index (χ0n) is 7.84. The Balaban J connectivity index is 2.39. The fraction of sp³-hybridized carbons (Fsp3) is 0.800. The van der Waals surface area contributed by atoms with Crippen LogP contribution in [0.4, 0.5) is 0 Å². The monoisotopic (exact) mass is 167 g/mol. The predicted octanol–water partition coefficient (Wildman–Crippen LogP) is 1.02. The maximum atomic E-state index is 5.43. The molecule has 1 fully saturated rings. The van der Waals surface area contributed by atoms with E-state index in [1.54, 1.807) is 0 Å². The van der Waals surface area contributed by atoms with E-state index < -0.39 is 0 Å². The van der Waals surface area contributed by atoms with Crippen molar-refractivity contribution < 1.29 is 4.74 Å². The SMILES string of the molecule is C#CC(NC(C)C)C1CCOC1. The summed E-state index contributed by atoms with van der Waals surface area (Å²) in [6, 6.07) is 0.638. The van der Waals surface area contributed by atoms with Crippen molar-refractivity contribution in [3.63, 3.8) is 0 Å². The molecule has 0 amide bonds. The standard InChI is InChI=1S/C10H17NO/c1-4-10(11-8(2)3)9-5-6-12-7-9/h1,8-11H,5-7H2,2-3H3. The summed E-state index contributed by atoms with van der Waals surface area (Å²) < 4.78 is 5.29. The molecule has 1 heterocycles. The van der Waals surface area contributed by atoms with E-state index in [9.17, 15) is 0 Å². The zero-order valence-corrected chi connectivity index (χ0v) is 7.84. The highest BCUT2D eigenvalue weighted by Gasteiger charge is 2.24. The van der Waals surface area contributed by atoms with Crippen LogP contribution in [-0.4, -0.2) is 25.3 Å². The van der Waals surface area contributed by atoms with Crippen LogP contribution in [0.5, 0.6) is 0 Å². The average molecular weight is 167 g/mol. The molecule has 0 bridgehead atoms. The van der Waals surface area contributed by atoms with Crippen LogP contribution in [0.3, 0.4) is 0 Å². The number of nitrogens with one attached hydrogen (secondary N) is 1. The number of hydrogen-bond donors (Lipinski definition) is 1. The average Bonchev–Trinajstić information content (AvgIpc) is 2.51. The molecule has 1 N–H and O–H groups in total. The van der Waals surface area contributed by atoms with Gasteiger partial charge in [-0.3, -0.25) is 0 Å². The third-order valence-electron chi connectivity index (χ3n) is 2.13. The van der Waals surface area contributed by atoms with E-state index in [-0.39, 0.29) is 6.04 Å². The lowest BCUT2D eigenvalue weighted by molar-refractivity contribution is 0.180. The first-order valence-electron chi connectivity index (χ1n) is 4.54. The number of rotatable bonds is 3. The quantitative estimate of drug-likeness (QED) is 0.634. The molecule has 12 heavy (non-hydrogen) atoms. The van der Waals surface area contributed by atoms with Gasteiger partial charge in [0, 0.05) is 18.6 Å². The molecule has 1 aliphatic rings. The third kappa shape index (κ3) is 2.51. The van der Waals surface area contributed by atoms with E-state index in [4.69, 9.17) is 11.2 Å². The molecule has 2 unspecified atom stereocenters. The van der Waals surface area contributed by atoms with Crippen molar-refractivity contribution >= 4 is 0 Å². The van der Waals surface area contributed by atoms with E-state index in [0.717, 1.165) is 19.6 Å². The van der Waals surface area contributed by atoms with Gasteiger partial charge in [-0.2, -0.15) is 0 Å². The Kier molecular flexibility index (Phi) is 3.58. The van der Waals surface area contributed by atoms with Crippen LogP contribution in [0.25, 0.3) is 0 Å². The lowest BCUT2D eigenvalue weighted by Gasteiger charge is -2.20. The van der Waals surface area contributed by atoms with Crippen molar-refractivity contribution in [1.82, 2.24) is 5.32 Å². The Hall–Kier alpha value is -0.520. The van der Waals surface area contributed by atoms with E-state index in [0.29, 0.717) is 12.0 Å². The van der Waals surface area contributed by atoms with Gasteiger partial charge in [0.05, 0.1) is 12.6 Å². The van der Waals surface area contributed by atoms with Crippen molar-refractivity contribution in [3.05, 3.63) is 0 Å². The van der Waals surface area contributed by atoms with Gasteiger partial charge in [-0.05, 0) is 20.3 Å². The van der Waals surface area contributed by atoms with Crippen LogP contribution < -0.4 is 5.32 Å². The first-order chi connectivity index (χ1) is 5.74. The molecule has 1 aliphatic heterocycles. The second kappa shape index (κ2) is 4.49. The van der Waals surface area contributed by atoms with Gasteiger partial charge < -0.3 is 10.1 Å². The summed E-state index contributed by atoms with van der Waals surface area (Å²) >= 11 is 0. The highest BCUT2D eigenvalue weighted by molar-refractivity contribution is 5.03. The summed E-state index contributed by atoms with van der Waals surface area (Å²) in [5, 5.41) is 3.36. The minimum atomic E-state index is 0.187. The Bertz CT molecular complexity index is 165. The largest absolute Gasteiger partial charge is 0.381 e. The van der Waals surface area contributed by atoms with Crippen molar-refractivity contribution in [2.75, 3.05) is 13.2 Å². The normalized spacial score (nSPS) is 25.7. The molecular weight excluding hydrogens is 150 g/mol. The van der Waals surface area contributed by atoms with Gasteiger partial charge in [0.2, 0.25) is 0 Å². The molecule has 1 rings (SSSR count). The number of ether oxygens (including phenoxy) is 1. The van der Waals surface area contributed by atoms with Crippen LogP contribution in [-0.2, 0) is 4.74 Å². The lowest BCUT2D eigenvalue weighted by Crippen LogP contribution is -2.39. The summed E-state index contributed by atoms with van der Waals surface area (Å²) in [6.45, 7) is 5.90. The maximum absolute atomic E-state index is 5.43. The smallest absolute Gasteiger partial charge is 0.0740 e. The van der Waals surface area contributed by atoms with Crippen molar-refractivity contribution in [3.8, 4) is 12.3 Å². The van der Waals surface area contributed by atoms with Gasteiger partial charge >= 0.3 is 0 Å². The second-order valence-corrected chi connectivity index (χ2v) is 3.59. The molecule has 2 nitrogen and oxygen atoms in total. The summed E-state index contributed by atoms with van der Waals surface area (Å²) in [4.78, 5) is 0. The summed E-state index contributed by atoms with van der Waals surface area (Å²) in [7, 11) is 0. The van der Waals surface area contributed by atoms with Crippen LogP contribution in [0.1, 0.15) is 20.3 Å². The van der Waals surface area contributed by atoms with Crippen LogP contribution in [0.15, 0.2) is 0 Å². The molecule has 1 saturated heterocycles. The van der Waals surface area contributed by atoms with E-state index in [1.807, 2.05) is 0 Å². The van der Waals surface area contributed by atoms with Crippen molar-refractivity contribution in [2.45, 2.75) is 32.4 Å². The fourth-order valence-electron chi connectivity index (χ4n) is 1.50. The van der Waals surface area contributed by atoms with Crippen molar-refractivity contribution in [1.29, 1.82) is 0 Å². The van der Waals surface area contributed by atoms with Gasteiger partial charge in [-0.15, -0.1) is 6.42 Å². The molecule has 2 atom stereocenters. The van der Waals surface area contributed by atoms with Gasteiger partial charge in [0.1, 0.15) is 0 Å². The highest BCUT2D eigenvalue weighted by Crippen LogP contribution is 2.16. The minimum absolute atomic E-state index is 0.187. The van der Waals surface area contributed by atoms with E-state index >= 15 is 0 Å². The summed E-state index contributed by atoms with van der Waals surface area (Å²) in [6.07, 6.45) is 6.52. The molecule has 0 aromatic rings. The lowest BCUT2D eigenvalue weighted by atomic mass is 9.99. The Morgan fingerprint density at radius 3 is 2.75 bits per heavy atom. The molecule has 0 aromatic heterocycles. The van der Waals surface area contributed by atoms with Crippen LogP contribution in [0.2, 0.25) is 0 Å². The van der Waals surface area contributed by atoms with Gasteiger partial charge in [-0.1, -0.05) is 5.92 Å².